The van der Waals surface area contributed by atoms with Gasteiger partial charge in [0.15, 0.2) is 0 Å². The minimum atomic E-state index is -0.548. The lowest BCUT2D eigenvalue weighted by Gasteiger charge is -2.11. The highest BCUT2D eigenvalue weighted by Crippen LogP contribution is 2.19. The van der Waals surface area contributed by atoms with Gasteiger partial charge in [0.05, 0.1) is 32.0 Å². The third-order valence-electron chi connectivity index (χ3n) is 2.51. The fourth-order valence-electron chi connectivity index (χ4n) is 1.44. The van der Waals surface area contributed by atoms with Crippen molar-refractivity contribution in [2.45, 2.75) is 6.92 Å². The van der Waals surface area contributed by atoms with E-state index in [1.165, 1.54) is 20.3 Å². The van der Waals surface area contributed by atoms with Crippen molar-refractivity contribution in [3.63, 3.8) is 0 Å². The molecule has 0 fully saturated rings. The molecule has 1 aromatic rings. The molecule has 0 unspecified atom stereocenters. The summed E-state index contributed by atoms with van der Waals surface area (Å²) in [6.07, 6.45) is 0. The molecule has 1 rings (SSSR count). The molecule has 0 saturated heterocycles. The maximum Gasteiger partial charge on any atom is 0.337 e. The minimum Gasteiger partial charge on any atom is -0.465 e. The van der Waals surface area contributed by atoms with Crippen molar-refractivity contribution in [2.75, 3.05) is 20.8 Å². The van der Waals surface area contributed by atoms with Gasteiger partial charge in [-0.15, -0.1) is 0 Å². The third kappa shape index (κ3) is 3.07. The van der Waals surface area contributed by atoms with Crippen LogP contribution in [0.1, 0.15) is 33.2 Å². The van der Waals surface area contributed by atoms with Gasteiger partial charge in [0.2, 0.25) is 0 Å². The number of carbonyl (C=O) groups is 2. The Morgan fingerprint density at radius 1 is 1.00 bits per heavy atom. The van der Waals surface area contributed by atoms with Crippen LogP contribution >= 0.6 is 0 Å². The van der Waals surface area contributed by atoms with Crippen LogP contribution in [0.5, 0.6) is 0 Å². The normalized spacial score (nSPS) is 10.3. The predicted molar refractivity (Wildman–Crippen MR) is 64.2 cm³/mol. The summed E-state index contributed by atoms with van der Waals surface area (Å²) in [6.45, 7) is 1.54. The Kier molecular flexibility index (Phi) is 4.85. The number of benzene rings is 1. The average Bonchev–Trinajstić information content (AvgIpc) is 2.43. The molecule has 0 aliphatic carbocycles. The van der Waals surface area contributed by atoms with E-state index in [9.17, 15) is 9.59 Å². The summed E-state index contributed by atoms with van der Waals surface area (Å²) in [5.74, 6) is -0.452. The SMILES string of the molecule is COC(=O)c1cc([C](C)CO)cc(C(=O)OC)c1. The van der Waals surface area contributed by atoms with Crippen molar-refractivity contribution >= 4 is 11.9 Å². The first-order valence-electron chi connectivity index (χ1n) is 5.28. The Bertz CT molecular complexity index is 418. The van der Waals surface area contributed by atoms with Crippen LogP contribution in [0.3, 0.4) is 0 Å². The van der Waals surface area contributed by atoms with Gasteiger partial charge in [0.1, 0.15) is 0 Å². The van der Waals surface area contributed by atoms with E-state index in [-0.39, 0.29) is 17.7 Å². The van der Waals surface area contributed by atoms with Gasteiger partial charge in [-0.05, 0) is 23.8 Å². The second kappa shape index (κ2) is 6.16. The van der Waals surface area contributed by atoms with Gasteiger partial charge in [-0.1, -0.05) is 6.92 Å². The number of hydrogen-bond donors (Lipinski definition) is 1. The summed E-state index contributed by atoms with van der Waals surface area (Å²) in [4.78, 5) is 23.0. The predicted octanol–water partition coefficient (Wildman–Crippen LogP) is 1.19. The van der Waals surface area contributed by atoms with Gasteiger partial charge in [0, 0.05) is 5.92 Å². The lowest BCUT2D eigenvalue weighted by molar-refractivity contribution is 0.0599. The standard InChI is InChI=1S/C13H15O5/c1-8(7-14)9-4-10(12(15)17-2)6-11(5-9)13(16)18-3/h4-6,14H,7H2,1-3H3. The topological polar surface area (TPSA) is 72.8 Å². The number of aliphatic hydroxyl groups is 1. The number of hydrogen-bond acceptors (Lipinski definition) is 5. The van der Waals surface area contributed by atoms with Gasteiger partial charge >= 0.3 is 11.9 Å². The van der Waals surface area contributed by atoms with E-state index in [2.05, 4.69) is 9.47 Å². The number of carbonyl (C=O) groups excluding carboxylic acids is 2. The fraction of sp³-hybridized carbons (Fsp3) is 0.308. The number of aliphatic hydroxyl groups excluding tert-OH is 1. The van der Waals surface area contributed by atoms with Crippen molar-refractivity contribution in [3.05, 3.63) is 40.8 Å². The molecule has 0 heterocycles. The maximum absolute atomic E-state index is 11.5. The highest BCUT2D eigenvalue weighted by molar-refractivity contribution is 5.95. The summed E-state index contributed by atoms with van der Waals surface area (Å²) in [7, 11) is 2.52. The van der Waals surface area contributed by atoms with Crippen LogP contribution in [0.4, 0.5) is 0 Å². The molecular weight excluding hydrogens is 236 g/mol. The van der Waals surface area contributed by atoms with Crippen molar-refractivity contribution in [3.8, 4) is 0 Å². The summed E-state index contributed by atoms with van der Waals surface area (Å²) in [6, 6.07) is 4.51. The van der Waals surface area contributed by atoms with E-state index >= 15 is 0 Å². The molecule has 0 aliphatic rings. The van der Waals surface area contributed by atoms with E-state index in [4.69, 9.17) is 5.11 Å². The molecule has 0 bridgehead atoms. The molecule has 97 valence electrons. The first-order valence-corrected chi connectivity index (χ1v) is 5.28. The van der Waals surface area contributed by atoms with Gasteiger partial charge in [-0.2, -0.15) is 0 Å². The van der Waals surface area contributed by atoms with Gasteiger partial charge < -0.3 is 14.6 Å². The Balaban J connectivity index is 3.28. The van der Waals surface area contributed by atoms with Crippen LogP contribution in [-0.2, 0) is 9.47 Å². The van der Waals surface area contributed by atoms with Gasteiger partial charge in [0.25, 0.3) is 0 Å². The summed E-state index contributed by atoms with van der Waals surface area (Å²) < 4.78 is 9.22. The van der Waals surface area contributed by atoms with E-state index in [0.29, 0.717) is 11.5 Å². The molecule has 5 nitrogen and oxygen atoms in total. The molecule has 1 aromatic carbocycles. The summed E-state index contributed by atoms with van der Waals surface area (Å²) in [5.41, 5.74) is 1.08. The van der Waals surface area contributed by atoms with Crippen molar-refractivity contribution in [2.24, 2.45) is 0 Å². The minimum absolute atomic E-state index is 0.161. The number of rotatable bonds is 4. The zero-order valence-electron chi connectivity index (χ0n) is 10.5. The second-order valence-corrected chi connectivity index (χ2v) is 3.72. The molecule has 1 N–H and O–H groups in total. The number of esters is 2. The lowest BCUT2D eigenvalue weighted by atomic mass is 9.97. The van der Waals surface area contributed by atoms with Crippen LogP contribution < -0.4 is 0 Å². The smallest absolute Gasteiger partial charge is 0.337 e. The van der Waals surface area contributed by atoms with Crippen molar-refractivity contribution in [1.82, 2.24) is 0 Å². The van der Waals surface area contributed by atoms with Crippen LogP contribution in [0, 0.1) is 5.92 Å². The quantitative estimate of drug-likeness (QED) is 0.814. The molecule has 0 spiro atoms. The van der Waals surface area contributed by atoms with E-state index in [1.807, 2.05) is 0 Å². The lowest BCUT2D eigenvalue weighted by Crippen LogP contribution is -2.10. The van der Waals surface area contributed by atoms with Crippen molar-refractivity contribution < 1.29 is 24.2 Å². The average molecular weight is 251 g/mol. The zero-order valence-corrected chi connectivity index (χ0v) is 10.5. The number of ether oxygens (including phenoxy) is 2. The van der Waals surface area contributed by atoms with Crippen LogP contribution in [0.2, 0.25) is 0 Å². The Morgan fingerprint density at radius 3 is 1.72 bits per heavy atom. The van der Waals surface area contributed by atoms with Gasteiger partial charge in [-0.25, -0.2) is 9.59 Å². The molecule has 0 amide bonds. The number of methoxy groups -OCH3 is 2. The first kappa shape index (κ1) is 14.2. The summed E-state index contributed by atoms with van der Waals surface area (Å²) in [5, 5.41) is 9.09. The van der Waals surface area contributed by atoms with Crippen LogP contribution in [0.25, 0.3) is 0 Å². The molecule has 5 heteroatoms. The first-order chi connectivity index (χ1) is 8.53. The van der Waals surface area contributed by atoms with E-state index in [1.54, 1.807) is 19.1 Å². The molecular formula is C13H15O5. The Hall–Kier alpha value is -1.88. The monoisotopic (exact) mass is 251 g/mol. The van der Waals surface area contributed by atoms with Crippen LogP contribution in [0.15, 0.2) is 18.2 Å². The highest BCUT2D eigenvalue weighted by Gasteiger charge is 2.16. The van der Waals surface area contributed by atoms with Crippen LogP contribution in [-0.4, -0.2) is 37.9 Å². The highest BCUT2D eigenvalue weighted by atomic mass is 16.5. The molecule has 0 aromatic heterocycles. The molecule has 0 saturated carbocycles. The molecule has 1 radical (unpaired) electrons. The largest absolute Gasteiger partial charge is 0.465 e. The molecule has 18 heavy (non-hydrogen) atoms. The second-order valence-electron chi connectivity index (χ2n) is 3.72. The molecule has 0 atom stereocenters. The zero-order chi connectivity index (χ0) is 13.7. The van der Waals surface area contributed by atoms with Gasteiger partial charge in [-0.3, -0.25) is 0 Å². The summed E-state index contributed by atoms with van der Waals surface area (Å²) >= 11 is 0. The Morgan fingerprint density at radius 2 is 1.39 bits per heavy atom. The molecule has 0 aliphatic heterocycles. The third-order valence-corrected chi connectivity index (χ3v) is 2.51. The Labute approximate surface area is 105 Å². The van der Waals surface area contributed by atoms with E-state index < -0.39 is 11.9 Å². The fourth-order valence-corrected chi connectivity index (χ4v) is 1.44. The van der Waals surface area contributed by atoms with E-state index in [0.717, 1.165) is 0 Å². The van der Waals surface area contributed by atoms with Crippen molar-refractivity contribution in [1.29, 1.82) is 0 Å². The maximum atomic E-state index is 11.5.